The lowest BCUT2D eigenvalue weighted by Gasteiger charge is -2.14. The maximum atomic E-state index is 13.3. The molecule has 8 nitrogen and oxygen atoms in total. The number of nitrogens with one attached hydrogen (secondary N) is 1. The molecule has 0 radical (unpaired) electrons. The number of amides is 1. The van der Waals surface area contributed by atoms with Crippen LogP contribution in [0.15, 0.2) is 64.7 Å². The van der Waals surface area contributed by atoms with Crippen molar-refractivity contribution in [3.63, 3.8) is 0 Å². The summed E-state index contributed by atoms with van der Waals surface area (Å²) in [6.45, 7) is 0.355. The van der Waals surface area contributed by atoms with Crippen LogP contribution >= 0.6 is 23.4 Å². The van der Waals surface area contributed by atoms with Crippen molar-refractivity contribution in [3.8, 4) is 11.4 Å². The van der Waals surface area contributed by atoms with Gasteiger partial charge in [-0.1, -0.05) is 47.6 Å². The highest BCUT2D eigenvalue weighted by Gasteiger charge is 2.29. The van der Waals surface area contributed by atoms with Crippen molar-refractivity contribution in [2.24, 2.45) is 0 Å². The molecule has 1 unspecified atom stereocenters. The van der Waals surface area contributed by atoms with Gasteiger partial charge in [0, 0.05) is 29.3 Å². The van der Waals surface area contributed by atoms with Crippen molar-refractivity contribution in [2.45, 2.75) is 24.2 Å². The van der Waals surface area contributed by atoms with E-state index in [-0.39, 0.29) is 23.9 Å². The fourth-order valence-electron chi connectivity index (χ4n) is 3.91. The van der Waals surface area contributed by atoms with Crippen LogP contribution in [0.3, 0.4) is 0 Å². The quantitative estimate of drug-likeness (QED) is 0.423. The van der Waals surface area contributed by atoms with Crippen molar-refractivity contribution >= 4 is 40.3 Å². The Kier molecular flexibility index (Phi) is 5.82. The molecule has 0 fully saturated rings. The lowest BCUT2D eigenvalue weighted by atomic mass is 10.2. The fraction of sp³-hybridized carbons (Fsp3) is 0.217. The molecule has 0 spiro atoms. The second-order valence-electron chi connectivity index (χ2n) is 7.60. The zero-order valence-corrected chi connectivity index (χ0v) is 19.3. The number of nitrogens with zero attached hydrogens (tertiary/aromatic N) is 4. The predicted molar refractivity (Wildman–Crippen MR) is 127 cm³/mol. The van der Waals surface area contributed by atoms with E-state index in [9.17, 15) is 9.59 Å². The molecular formula is C23H20ClN5O3S. The third kappa shape index (κ3) is 4.09. The summed E-state index contributed by atoms with van der Waals surface area (Å²) in [5.74, 6) is 1.18. The number of carbonyl (C=O) groups is 1. The summed E-state index contributed by atoms with van der Waals surface area (Å²) in [6.07, 6.45) is 1.70. The number of halogens is 1. The lowest BCUT2D eigenvalue weighted by Crippen LogP contribution is -2.30. The van der Waals surface area contributed by atoms with Crippen LogP contribution in [0, 0.1) is 0 Å². The van der Waals surface area contributed by atoms with Gasteiger partial charge in [-0.2, -0.15) is 5.10 Å². The molecule has 0 aliphatic carbocycles. The molecule has 4 aromatic rings. The lowest BCUT2D eigenvalue weighted by molar-refractivity contribution is -0.121. The highest BCUT2D eigenvalue weighted by atomic mass is 35.5. The third-order valence-corrected chi connectivity index (χ3v) is 6.85. The summed E-state index contributed by atoms with van der Waals surface area (Å²) >= 11 is 7.57. The minimum absolute atomic E-state index is 0.138. The molecule has 1 atom stereocenters. The first-order valence-electron chi connectivity index (χ1n) is 10.3. The minimum atomic E-state index is -0.276. The molecule has 0 bridgehead atoms. The average Bonchev–Trinajstić information content (AvgIpc) is 3.43. The number of hydrogen-bond donors (Lipinski definition) is 1. The van der Waals surface area contributed by atoms with Crippen molar-refractivity contribution in [1.82, 2.24) is 24.6 Å². The van der Waals surface area contributed by atoms with E-state index in [0.717, 1.165) is 17.0 Å². The first kappa shape index (κ1) is 21.5. The molecule has 1 amide bonds. The summed E-state index contributed by atoms with van der Waals surface area (Å²) in [5, 5.41) is 8.84. The van der Waals surface area contributed by atoms with Crippen LogP contribution in [0.2, 0.25) is 5.02 Å². The van der Waals surface area contributed by atoms with Crippen molar-refractivity contribution in [2.75, 3.05) is 12.9 Å². The molecular weight excluding hydrogens is 462 g/mol. The maximum Gasteiger partial charge on any atom is 0.265 e. The van der Waals surface area contributed by atoms with E-state index in [1.165, 1.54) is 18.0 Å². The molecule has 0 saturated carbocycles. The van der Waals surface area contributed by atoms with Crippen molar-refractivity contribution in [3.05, 3.63) is 75.7 Å². The smallest absolute Gasteiger partial charge is 0.265 e. The number of fused-ring (bicyclic) bond motifs is 2. The molecule has 5 rings (SSSR count). The van der Waals surface area contributed by atoms with Crippen molar-refractivity contribution < 1.29 is 9.53 Å². The van der Waals surface area contributed by atoms with Gasteiger partial charge in [0.2, 0.25) is 5.91 Å². The van der Waals surface area contributed by atoms with Crippen LogP contribution in [-0.2, 0) is 11.3 Å². The van der Waals surface area contributed by atoms with Gasteiger partial charge in [0.25, 0.3) is 5.56 Å². The third-order valence-electron chi connectivity index (χ3n) is 5.51. The predicted octanol–water partition coefficient (Wildman–Crippen LogP) is 3.60. The van der Waals surface area contributed by atoms with Gasteiger partial charge in [0.15, 0.2) is 10.8 Å². The number of carbonyl (C=O) groups excluding carboxylic acids is 1. The van der Waals surface area contributed by atoms with Crippen LogP contribution in [0.5, 0.6) is 5.75 Å². The van der Waals surface area contributed by atoms with E-state index in [2.05, 4.69) is 10.4 Å². The molecule has 2 aromatic carbocycles. The number of thioether (sulfide) groups is 1. The Balaban J connectivity index is 1.38. The SMILES string of the molecule is COc1ccccc1CNC(=O)CC1CSc2nc3c(cnn3-c3cccc(Cl)c3)c(=O)n21. The zero-order chi connectivity index (χ0) is 22.9. The number of rotatable bonds is 6. The number of ether oxygens (including phenoxy) is 1. The van der Waals surface area contributed by atoms with E-state index in [0.29, 0.717) is 33.5 Å². The van der Waals surface area contributed by atoms with Gasteiger partial charge in [-0.3, -0.25) is 14.2 Å². The molecule has 33 heavy (non-hydrogen) atoms. The Labute approximate surface area is 198 Å². The Morgan fingerprint density at radius 2 is 2.12 bits per heavy atom. The van der Waals surface area contributed by atoms with Crippen LogP contribution < -0.4 is 15.6 Å². The maximum absolute atomic E-state index is 13.3. The topological polar surface area (TPSA) is 91.0 Å². The van der Waals surface area contributed by atoms with Crippen LogP contribution in [0.1, 0.15) is 18.0 Å². The number of hydrogen-bond acceptors (Lipinski definition) is 6. The van der Waals surface area contributed by atoms with E-state index in [4.69, 9.17) is 21.3 Å². The van der Waals surface area contributed by atoms with Crippen LogP contribution in [-0.4, -0.2) is 38.1 Å². The number of benzene rings is 2. The second-order valence-corrected chi connectivity index (χ2v) is 9.02. The van der Waals surface area contributed by atoms with Gasteiger partial charge in [0.05, 0.1) is 25.0 Å². The fourth-order valence-corrected chi connectivity index (χ4v) is 5.22. The molecule has 10 heteroatoms. The molecule has 1 aliphatic rings. The summed E-state index contributed by atoms with van der Waals surface area (Å²) in [7, 11) is 1.60. The van der Waals surface area contributed by atoms with Gasteiger partial charge in [-0.15, -0.1) is 0 Å². The average molecular weight is 482 g/mol. The van der Waals surface area contributed by atoms with Gasteiger partial charge in [0.1, 0.15) is 11.1 Å². The summed E-state index contributed by atoms with van der Waals surface area (Å²) in [5.41, 5.74) is 1.89. The molecule has 2 aromatic heterocycles. The van der Waals surface area contributed by atoms with E-state index >= 15 is 0 Å². The van der Waals surface area contributed by atoms with Gasteiger partial charge in [-0.05, 0) is 24.3 Å². The van der Waals surface area contributed by atoms with Crippen molar-refractivity contribution in [1.29, 1.82) is 0 Å². The Bertz CT molecular complexity index is 1420. The number of methoxy groups -OCH3 is 1. The Hall–Kier alpha value is -3.30. The van der Waals surface area contributed by atoms with E-state index in [1.54, 1.807) is 28.5 Å². The van der Waals surface area contributed by atoms with E-state index < -0.39 is 0 Å². The zero-order valence-electron chi connectivity index (χ0n) is 17.7. The highest BCUT2D eigenvalue weighted by molar-refractivity contribution is 7.99. The highest BCUT2D eigenvalue weighted by Crippen LogP contribution is 2.33. The van der Waals surface area contributed by atoms with Gasteiger partial charge in [-0.25, -0.2) is 9.67 Å². The van der Waals surface area contributed by atoms with Crippen LogP contribution in [0.25, 0.3) is 16.7 Å². The molecule has 3 heterocycles. The molecule has 1 aliphatic heterocycles. The Morgan fingerprint density at radius 1 is 1.27 bits per heavy atom. The normalized spacial score (nSPS) is 14.9. The summed E-state index contributed by atoms with van der Waals surface area (Å²) in [4.78, 5) is 30.6. The first-order chi connectivity index (χ1) is 16.0. The van der Waals surface area contributed by atoms with Crippen LogP contribution in [0.4, 0.5) is 0 Å². The number of para-hydroxylation sites is 1. The summed E-state index contributed by atoms with van der Waals surface area (Å²) in [6, 6.07) is 14.5. The standard InChI is InChI=1S/C23H20ClN5O3S/c1-32-19-8-3-2-5-14(19)11-25-20(30)10-17-13-33-23-27-21-18(22(31)28(17)23)12-26-29(21)16-7-4-6-15(24)9-16/h2-9,12,17H,10-11,13H2,1H3,(H,25,30). The first-order valence-corrected chi connectivity index (χ1v) is 11.7. The second kappa shape index (κ2) is 8.92. The van der Waals surface area contributed by atoms with Gasteiger partial charge >= 0.3 is 0 Å². The molecule has 0 saturated heterocycles. The minimum Gasteiger partial charge on any atom is -0.496 e. The number of aromatic nitrogens is 4. The van der Waals surface area contributed by atoms with E-state index in [1.807, 2.05) is 36.4 Å². The molecule has 1 N–H and O–H groups in total. The molecule has 168 valence electrons. The summed E-state index contributed by atoms with van der Waals surface area (Å²) < 4.78 is 8.55. The van der Waals surface area contributed by atoms with Gasteiger partial charge < -0.3 is 10.1 Å². The monoisotopic (exact) mass is 481 g/mol. The largest absolute Gasteiger partial charge is 0.496 e. The Morgan fingerprint density at radius 3 is 2.94 bits per heavy atom.